The van der Waals surface area contributed by atoms with E-state index in [1.54, 1.807) is 0 Å². The molecule has 23 heavy (non-hydrogen) atoms. The molecular weight excluding hydrogens is 987 g/mol. The van der Waals surface area contributed by atoms with E-state index < -0.39 is 34.4 Å². The Kier molecular flexibility index (Phi) is 191. The van der Waals surface area contributed by atoms with Crippen molar-refractivity contribution in [2.24, 2.45) is 0 Å². The van der Waals surface area contributed by atoms with Crippen LogP contribution in [0.5, 0.6) is 0 Å². The summed E-state index contributed by atoms with van der Waals surface area (Å²) in [6, 6.07) is 0. The van der Waals surface area contributed by atoms with E-state index in [1.165, 1.54) is 0 Å². The maximum absolute atomic E-state index is 8.48. The summed E-state index contributed by atoms with van der Waals surface area (Å²) in [5.74, 6) is 0. The largest absolute Gasteiger partial charge is 2.00 e. The van der Waals surface area contributed by atoms with Gasteiger partial charge in [0.2, 0.25) is 0 Å². The Bertz CT molecular complexity index is 86.5. The van der Waals surface area contributed by atoms with Gasteiger partial charge in [-0.15, -0.1) is 0 Å². The summed E-state index contributed by atoms with van der Waals surface area (Å²) in [6.45, 7) is 0. The van der Waals surface area contributed by atoms with Gasteiger partial charge in [0.05, 0.1) is 0 Å². The van der Waals surface area contributed by atoms with Crippen LogP contribution in [0.1, 0.15) is 0 Å². The molecule has 0 aromatic rings. The first-order chi connectivity index (χ1) is 6.93. The minimum Gasteiger partial charge on any atom is -0.854 e. The van der Waals surface area contributed by atoms with E-state index in [9.17, 15) is 0 Å². The van der Waals surface area contributed by atoms with Crippen LogP contribution >= 0.6 is 34.4 Å². The molecule has 0 amide bonds. The topological polar surface area (TPSA) is 277 Å². The first kappa shape index (κ1) is 69.8. The Morgan fingerprint density at radius 3 is 0.304 bits per heavy atom. The zero-order chi connectivity index (χ0) is 14.3. The maximum atomic E-state index is 8.48. The van der Waals surface area contributed by atoms with Crippen molar-refractivity contribution >= 4 is 83.3 Å². The Hall–Kier alpha value is 7.45. The van der Waals surface area contributed by atoms with Crippen molar-refractivity contribution in [2.45, 2.75) is 0 Å². The summed E-state index contributed by atoms with van der Waals surface area (Å²) < 4.78 is 0. The first-order valence-corrected chi connectivity index (χ1v) is 6.57. The van der Waals surface area contributed by atoms with Crippen molar-refractivity contribution in [1.29, 1.82) is 0 Å². The van der Waals surface area contributed by atoms with E-state index in [0.717, 1.165) is 0 Å². The van der Waals surface area contributed by atoms with Gasteiger partial charge in [0, 0.05) is 0 Å². The molecule has 0 spiro atoms. The average molecular weight is 989 g/mol. The van der Waals surface area contributed by atoms with Crippen LogP contribution in [-0.4, -0.2) is 48.9 Å². The Morgan fingerprint density at radius 2 is 0.304 bits per heavy atom. The smallest absolute Gasteiger partial charge is 0.854 e. The standard InChI is InChI=1S/Ba.3Cd.4O3P.3Zn.2H/c;;;;4*1-4(2)3;;;;;/q;3*+2;4*-3;3*+2;;. The van der Waals surface area contributed by atoms with Crippen LogP contribution in [0.2, 0.25) is 0 Å². The molecule has 0 bridgehead atoms. The van der Waals surface area contributed by atoms with Gasteiger partial charge in [0.1, 0.15) is 0 Å². The molecule has 0 aromatic heterocycles. The summed E-state index contributed by atoms with van der Waals surface area (Å²) in [5.41, 5.74) is 0. The maximum Gasteiger partial charge on any atom is 2.00 e. The fourth-order valence-electron chi connectivity index (χ4n) is 0. The second-order valence-corrected chi connectivity index (χ2v) is 2.68. The van der Waals surface area contributed by atoms with Crippen LogP contribution in [0.15, 0.2) is 0 Å². The molecule has 12 nitrogen and oxygen atoms in total. The second kappa shape index (κ2) is 63.0. The van der Waals surface area contributed by atoms with Gasteiger partial charge >= 0.3 is 189 Å². The molecule has 108 valence electrons. The van der Waals surface area contributed by atoms with Crippen LogP contribution in [0.25, 0.3) is 0 Å². The van der Waals surface area contributed by atoms with Crippen molar-refractivity contribution in [1.82, 2.24) is 0 Å². The number of hydrogen-bond donors (Lipinski definition) is 0. The quantitative estimate of drug-likeness (QED) is 0.162. The molecule has 0 unspecified atom stereocenters. The van der Waals surface area contributed by atoms with Gasteiger partial charge in [0.25, 0.3) is 0 Å². The molecule has 0 rings (SSSR count). The molecule has 0 fully saturated rings. The van der Waals surface area contributed by atoms with E-state index in [4.69, 9.17) is 58.7 Å². The van der Waals surface area contributed by atoms with Gasteiger partial charge in [-0.3, -0.25) is 0 Å². The third kappa shape index (κ3) is 400. The molecule has 0 aliphatic rings. The second-order valence-electron chi connectivity index (χ2n) is 0.894. The van der Waals surface area contributed by atoms with Crippen LogP contribution in [0.3, 0.4) is 0 Å². The molecule has 0 aliphatic carbocycles. The van der Waals surface area contributed by atoms with E-state index >= 15 is 0 Å². The summed E-state index contributed by atoms with van der Waals surface area (Å²) in [7, 11) is -13.5. The van der Waals surface area contributed by atoms with Crippen molar-refractivity contribution in [3.05, 3.63) is 0 Å². The molecule has 0 atom stereocenters. The van der Waals surface area contributed by atoms with Gasteiger partial charge in [-0.2, -0.15) is 0 Å². The minimum absolute atomic E-state index is 0. The van der Waals surface area contributed by atoms with Crippen molar-refractivity contribution in [3.8, 4) is 0 Å². The van der Waals surface area contributed by atoms with Crippen LogP contribution < -0.4 is 58.7 Å². The van der Waals surface area contributed by atoms with E-state index in [1.807, 2.05) is 0 Å². The summed E-state index contributed by atoms with van der Waals surface area (Å²) in [4.78, 5) is 102. The summed E-state index contributed by atoms with van der Waals surface area (Å²) in [6.07, 6.45) is 0. The van der Waals surface area contributed by atoms with Crippen molar-refractivity contribution in [3.63, 3.8) is 0 Å². The van der Waals surface area contributed by atoms with Gasteiger partial charge < -0.3 is 93.1 Å². The number of hydrogen-bond acceptors (Lipinski definition) is 12. The normalized spacial score (nSPS) is 6.26. The summed E-state index contributed by atoms with van der Waals surface area (Å²) >= 11 is 0. The van der Waals surface area contributed by atoms with Gasteiger partial charge in [0.15, 0.2) is 0 Å². The SMILES string of the molecule is [BaH2].[Cd+2].[Cd+2].[Cd+2].[O-]P([O-])[O-].[O-]P([O-])[O-].[O-]P([O-])[O-].[O-]P([O-])[O-].[Zn+2].[Zn+2].[Zn+2]. The Balaban J connectivity index is -0.00000000842. The zero-order valence-electron chi connectivity index (χ0n) is 10.9. The monoisotopic (exact) mass is 989 g/mol. The Morgan fingerprint density at radius 1 is 0.304 bits per heavy atom. The van der Waals surface area contributed by atoms with Crippen molar-refractivity contribution in [2.75, 3.05) is 0 Å². The molecule has 0 N–H and O–H groups in total. The van der Waals surface area contributed by atoms with Crippen LogP contribution in [-0.2, 0) is 140 Å². The minimum atomic E-state index is -3.37. The van der Waals surface area contributed by atoms with E-state index in [2.05, 4.69) is 0 Å². The third-order valence-electron chi connectivity index (χ3n) is 0. The molecule has 0 radical (unpaired) electrons. The van der Waals surface area contributed by atoms with Crippen LogP contribution in [0, 0.1) is 0 Å². The predicted molar refractivity (Wildman–Crippen MR) is 36.2 cm³/mol. The molecule has 0 aromatic carbocycles. The van der Waals surface area contributed by atoms with Gasteiger partial charge in [-0.25, -0.2) is 0 Å². The number of rotatable bonds is 0. The third-order valence-corrected chi connectivity index (χ3v) is 0. The summed E-state index contributed by atoms with van der Waals surface area (Å²) in [5, 5.41) is 0. The van der Waals surface area contributed by atoms with E-state index in [0.29, 0.717) is 0 Å². The molecule has 0 saturated carbocycles. The molecular formula is H2BaCd3O12P4Zn3. The molecule has 0 saturated heterocycles. The van der Waals surface area contributed by atoms with Gasteiger partial charge in [-0.05, 0) is 0 Å². The average Bonchev–Trinajstić information content (AvgIpc) is 1.76. The van der Waals surface area contributed by atoms with Crippen LogP contribution in [0.4, 0.5) is 0 Å². The molecule has 0 heterocycles. The predicted octanol–water partition coefficient (Wildman–Crippen LogP) is -11.8. The molecule has 0 aliphatic heterocycles. The fourth-order valence-corrected chi connectivity index (χ4v) is 0. The molecule has 23 heteroatoms. The van der Waals surface area contributed by atoms with Gasteiger partial charge in [-0.1, -0.05) is 0 Å². The fraction of sp³-hybridized carbons (Fsp3) is 0. The Labute approximate surface area is 276 Å². The zero-order valence-corrected chi connectivity index (χ0v) is 35.5. The van der Waals surface area contributed by atoms with Crippen molar-refractivity contribution < 1.29 is 199 Å². The first-order valence-electron chi connectivity index (χ1n) is 2.19. The van der Waals surface area contributed by atoms with E-state index in [-0.39, 0.29) is 189 Å².